The van der Waals surface area contributed by atoms with Crippen molar-refractivity contribution in [3.05, 3.63) is 21.9 Å². The Morgan fingerprint density at radius 2 is 2.10 bits per heavy atom. The van der Waals surface area contributed by atoms with Gasteiger partial charge in [-0.2, -0.15) is 0 Å². The SMILES string of the molecule is CCN(CCCN(C)C)Cc1sccc1C#CCCO. The maximum absolute atomic E-state index is 8.78. The molecule has 1 heterocycles. The first-order chi connectivity index (χ1) is 9.67. The van der Waals surface area contributed by atoms with Crippen LogP contribution in [0.15, 0.2) is 11.4 Å². The zero-order valence-electron chi connectivity index (χ0n) is 12.9. The molecule has 0 fully saturated rings. The summed E-state index contributed by atoms with van der Waals surface area (Å²) in [5.74, 6) is 6.17. The van der Waals surface area contributed by atoms with Crippen molar-refractivity contribution in [3.8, 4) is 11.8 Å². The molecule has 0 aliphatic heterocycles. The molecule has 0 unspecified atom stereocenters. The van der Waals surface area contributed by atoms with E-state index in [-0.39, 0.29) is 6.61 Å². The molecular weight excluding hydrogens is 268 g/mol. The summed E-state index contributed by atoms with van der Waals surface area (Å²) in [4.78, 5) is 6.03. The van der Waals surface area contributed by atoms with Crippen molar-refractivity contribution in [1.82, 2.24) is 9.80 Å². The molecule has 112 valence electrons. The van der Waals surface area contributed by atoms with Crippen molar-refractivity contribution >= 4 is 11.3 Å². The predicted molar refractivity (Wildman–Crippen MR) is 87.0 cm³/mol. The highest BCUT2D eigenvalue weighted by atomic mass is 32.1. The van der Waals surface area contributed by atoms with Gasteiger partial charge in [0.15, 0.2) is 0 Å². The highest BCUT2D eigenvalue weighted by molar-refractivity contribution is 7.10. The molecule has 1 aromatic rings. The van der Waals surface area contributed by atoms with Crippen LogP contribution in [0.2, 0.25) is 0 Å². The molecule has 0 spiro atoms. The van der Waals surface area contributed by atoms with Crippen LogP contribution >= 0.6 is 11.3 Å². The van der Waals surface area contributed by atoms with Gasteiger partial charge in [-0.25, -0.2) is 0 Å². The third-order valence-corrected chi connectivity index (χ3v) is 4.01. The third-order valence-electron chi connectivity index (χ3n) is 3.10. The zero-order chi connectivity index (χ0) is 14.8. The number of rotatable bonds is 8. The number of hydrogen-bond donors (Lipinski definition) is 1. The topological polar surface area (TPSA) is 26.7 Å². The van der Waals surface area contributed by atoms with E-state index in [1.807, 2.05) is 0 Å². The van der Waals surface area contributed by atoms with Crippen molar-refractivity contribution in [2.24, 2.45) is 0 Å². The maximum atomic E-state index is 8.78. The Balaban J connectivity index is 2.53. The average molecular weight is 294 g/mol. The van der Waals surface area contributed by atoms with Gasteiger partial charge in [-0.05, 0) is 51.6 Å². The fourth-order valence-electron chi connectivity index (χ4n) is 1.95. The monoisotopic (exact) mass is 294 g/mol. The van der Waals surface area contributed by atoms with Crippen LogP contribution in [-0.4, -0.2) is 55.2 Å². The molecular formula is C16H26N2OS. The van der Waals surface area contributed by atoms with E-state index in [9.17, 15) is 0 Å². The van der Waals surface area contributed by atoms with Gasteiger partial charge in [0.05, 0.1) is 6.61 Å². The molecule has 0 atom stereocenters. The Labute approximate surface area is 127 Å². The van der Waals surface area contributed by atoms with E-state index >= 15 is 0 Å². The number of hydrogen-bond acceptors (Lipinski definition) is 4. The molecule has 1 aromatic heterocycles. The van der Waals surface area contributed by atoms with Crippen LogP contribution in [0.5, 0.6) is 0 Å². The highest BCUT2D eigenvalue weighted by Gasteiger charge is 2.08. The first-order valence-electron chi connectivity index (χ1n) is 7.20. The lowest BCUT2D eigenvalue weighted by Gasteiger charge is -2.21. The molecule has 3 nitrogen and oxygen atoms in total. The standard InChI is InChI=1S/C16H26N2OS/c1-4-18(11-7-10-17(2)3)14-16-15(9-13-20-16)8-5-6-12-19/h9,13,19H,4,6-7,10-12,14H2,1-3H3. The average Bonchev–Trinajstić information content (AvgIpc) is 2.85. The second-order valence-electron chi connectivity index (χ2n) is 5.06. The number of nitrogens with zero attached hydrogens (tertiary/aromatic N) is 2. The molecule has 4 heteroatoms. The molecule has 0 saturated heterocycles. The van der Waals surface area contributed by atoms with Gasteiger partial charge < -0.3 is 10.0 Å². The van der Waals surface area contributed by atoms with E-state index in [4.69, 9.17) is 5.11 Å². The Kier molecular flexibility index (Phi) is 8.56. The quantitative estimate of drug-likeness (QED) is 0.745. The first kappa shape index (κ1) is 17.2. The molecule has 0 saturated carbocycles. The van der Waals surface area contributed by atoms with Crippen LogP contribution in [0, 0.1) is 11.8 Å². The minimum atomic E-state index is 0.137. The van der Waals surface area contributed by atoms with Gasteiger partial charge in [0.2, 0.25) is 0 Å². The summed E-state index contributed by atoms with van der Waals surface area (Å²) in [7, 11) is 4.23. The van der Waals surface area contributed by atoms with E-state index in [2.05, 4.69) is 54.1 Å². The lowest BCUT2D eigenvalue weighted by Crippen LogP contribution is -2.26. The molecule has 1 N–H and O–H groups in total. The van der Waals surface area contributed by atoms with E-state index in [0.717, 1.165) is 31.7 Å². The minimum Gasteiger partial charge on any atom is -0.395 e. The van der Waals surface area contributed by atoms with Gasteiger partial charge >= 0.3 is 0 Å². The maximum Gasteiger partial charge on any atom is 0.0540 e. The molecule has 20 heavy (non-hydrogen) atoms. The smallest absolute Gasteiger partial charge is 0.0540 e. The number of aliphatic hydroxyl groups excluding tert-OH is 1. The zero-order valence-corrected chi connectivity index (χ0v) is 13.7. The van der Waals surface area contributed by atoms with E-state index in [1.165, 1.54) is 11.3 Å². The van der Waals surface area contributed by atoms with Crippen LogP contribution < -0.4 is 0 Å². The first-order valence-corrected chi connectivity index (χ1v) is 8.08. The van der Waals surface area contributed by atoms with Crippen molar-refractivity contribution in [2.45, 2.75) is 26.3 Å². The molecule has 0 aromatic carbocycles. The van der Waals surface area contributed by atoms with Crippen LogP contribution in [0.25, 0.3) is 0 Å². The van der Waals surface area contributed by atoms with Gasteiger partial charge in [0, 0.05) is 23.4 Å². The predicted octanol–water partition coefficient (Wildman–Crippen LogP) is 2.26. The van der Waals surface area contributed by atoms with Gasteiger partial charge in [0.25, 0.3) is 0 Å². The minimum absolute atomic E-state index is 0.137. The Morgan fingerprint density at radius 1 is 1.30 bits per heavy atom. The van der Waals surface area contributed by atoms with Crippen molar-refractivity contribution < 1.29 is 5.11 Å². The fourth-order valence-corrected chi connectivity index (χ4v) is 2.82. The summed E-state index contributed by atoms with van der Waals surface area (Å²) < 4.78 is 0. The van der Waals surface area contributed by atoms with Crippen LogP contribution in [-0.2, 0) is 6.54 Å². The third kappa shape index (κ3) is 6.53. The number of thiophene rings is 1. The Bertz CT molecular complexity index is 431. The van der Waals surface area contributed by atoms with E-state index < -0.39 is 0 Å². The van der Waals surface area contributed by atoms with E-state index in [1.54, 1.807) is 11.3 Å². The lowest BCUT2D eigenvalue weighted by atomic mass is 10.2. The van der Waals surface area contributed by atoms with Crippen LogP contribution in [0.4, 0.5) is 0 Å². The van der Waals surface area contributed by atoms with Gasteiger partial charge in [-0.3, -0.25) is 4.90 Å². The van der Waals surface area contributed by atoms with Crippen molar-refractivity contribution in [2.75, 3.05) is 40.3 Å². The Morgan fingerprint density at radius 3 is 2.75 bits per heavy atom. The molecule has 1 rings (SSSR count). The van der Waals surface area contributed by atoms with Crippen LogP contribution in [0.3, 0.4) is 0 Å². The Hall–Kier alpha value is -0.860. The summed E-state index contributed by atoms with van der Waals surface area (Å²) in [5.41, 5.74) is 1.12. The lowest BCUT2D eigenvalue weighted by molar-refractivity contribution is 0.261. The summed E-state index contributed by atoms with van der Waals surface area (Å²) in [6.45, 7) is 6.64. The normalized spacial score (nSPS) is 10.9. The summed E-state index contributed by atoms with van der Waals surface area (Å²) >= 11 is 1.77. The molecule has 0 aliphatic carbocycles. The van der Waals surface area contributed by atoms with Gasteiger partial charge in [0.1, 0.15) is 0 Å². The molecule has 0 amide bonds. The van der Waals surface area contributed by atoms with Gasteiger partial charge in [-0.1, -0.05) is 18.8 Å². The second-order valence-corrected chi connectivity index (χ2v) is 6.06. The summed E-state index contributed by atoms with van der Waals surface area (Å²) in [5, 5.41) is 10.9. The van der Waals surface area contributed by atoms with Crippen molar-refractivity contribution in [1.29, 1.82) is 0 Å². The van der Waals surface area contributed by atoms with Crippen molar-refractivity contribution in [3.63, 3.8) is 0 Å². The molecule has 0 bridgehead atoms. The second kappa shape index (κ2) is 9.95. The molecule has 0 aliphatic rings. The van der Waals surface area contributed by atoms with Gasteiger partial charge in [-0.15, -0.1) is 11.3 Å². The number of aliphatic hydroxyl groups is 1. The van der Waals surface area contributed by atoms with E-state index in [0.29, 0.717) is 6.42 Å². The summed E-state index contributed by atoms with van der Waals surface area (Å²) in [6, 6.07) is 2.08. The largest absolute Gasteiger partial charge is 0.395 e. The molecule has 0 radical (unpaired) electrons. The highest BCUT2D eigenvalue weighted by Crippen LogP contribution is 2.18. The van der Waals surface area contributed by atoms with Crippen LogP contribution in [0.1, 0.15) is 30.2 Å². The summed E-state index contributed by atoms with van der Waals surface area (Å²) in [6.07, 6.45) is 1.74. The fraction of sp³-hybridized carbons (Fsp3) is 0.625.